The average molecular weight is 325 g/mol. The number of rotatable bonds is 2. The zero-order valence-corrected chi connectivity index (χ0v) is 12.4. The summed E-state index contributed by atoms with van der Waals surface area (Å²) in [6, 6.07) is 19.6. The highest BCUT2D eigenvalue weighted by molar-refractivity contribution is 9.10. The molecule has 0 bridgehead atoms. The summed E-state index contributed by atoms with van der Waals surface area (Å²) in [5, 5.41) is 12.3. The van der Waals surface area contributed by atoms with Crippen LogP contribution < -0.4 is 0 Å². The molecular formula is C18H13BrO. The quantitative estimate of drug-likeness (QED) is 0.671. The van der Waals surface area contributed by atoms with E-state index >= 15 is 0 Å². The molecule has 0 spiro atoms. The molecule has 20 heavy (non-hydrogen) atoms. The zero-order valence-electron chi connectivity index (χ0n) is 10.8. The monoisotopic (exact) mass is 324 g/mol. The number of hydrogen-bond acceptors (Lipinski definition) is 1. The Morgan fingerprint density at radius 1 is 0.900 bits per heavy atom. The van der Waals surface area contributed by atoms with E-state index in [0.717, 1.165) is 31.9 Å². The predicted octanol–water partition coefficient (Wildman–Crippen LogP) is 5.37. The second-order valence-electron chi connectivity index (χ2n) is 4.67. The predicted molar refractivity (Wildman–Crippen MR) is 87.9 cm³/mol. The van der Waals surface area contributed by atoms with Crippen LogP contribution in [-0.4, -0.2) is 5.11 Å². The van der Waals surface area contributed by atoms with Crippen molar-refractivity contribution in [2.45, 2.75) is 0 Å². The molecule has 0 atom stereocenters. The Bertz CT molecular complexity index is 788. The summed E-state index contributed by atoms with van der Waals surface area (Å²) in [6.45, 7) is 4.16. The molecule has 0 radical (unpaired) electrons. The van der Waals surface area contributed by atoms with Crippen molar-refractivity contribution in [3.63, 3.8) is 0 Å². The third-order valence-electron chi connectivity index (χ3n) is 3.40. The lowest BCUT2D eigenvalue weighted by molar-refractivity contribution is 0.474. The van der Waals surface area contributed by atoms with Gasteiger partial charge in [-0.1, -0.05) is 65.0 Å². The van der Waals surface area contributed by atoms with Crippen LogP contribution in [-0.2, 0) is 0 Å². The number of benzene rings is 3. The lowest BCUT2D eigenvalue weighted by Crippen LogP contribution is -1.89. The molecule has 0 saturated heterocycles. The minimum Gasteiger partial charge on any atom is -0.507 e. The third-order valence-corrected chi connectivity index (χ3v) is 3.93. The number of aromatic hydroxyl groups is 1. The second-order valence-corrected chi connectivity index (χ2v) is 5.58. The summed E-state index contributed by atoms with van der Waals surface area (Å²) in [7, 11) is 0. The Morgan fingerprint density at radius 2 is 1.60 bits per heavy atom. The summed E-state index contributed by atoms with van der Waals surface area (Å²) in [5.41, 5.74) is 2.62. The summed E-state index contributed by atoms with van der Waals surface area (Å²) in [4.78, 5) is 0. The maximum atomic E-state index is 10.2. The van der Waals surface area contributed by atoms with E-state index in [4.69, 9.17) is 0 Å². The lowest BCUT2D eigenvalue weighted by Gasteiger charge is -2.12. The second kappa shape index (κ2) is 5.14. The van der Waals surface area contributed by atoms with Gasteiger partial charge in [0.2, 0.25) is 0 Å². The van der Waals surface area contributed by atoms with Gasteiger partial charge in [-0.2, -0.15) is 0 Å². The molecule has 0 unspecified atom stereocenters. The van der Waals surface area contributed by atoms with Gasteiger partial charge in [0.15, 0.2) is 0 Å². The van der Waals surface area contributed by atoms with Crippen LogP contribution in [0, 0.1) is 0 Å². The van der Waals surface area contributed by atoms with E-state index in [9.17, 15) is 5.11 Å². The van der Waals surface area contributed by atoms with Gasteiger partial charge in [-0.25, -0.2) is 0 Å². The van der Waals surface area contributed by atoms with Gasteiger partial charge in [0, 0.05) is 10.0 Å². The number of phenolic OH excluding ortho intramolecular Hbond substituents is 1. The van der Waals surface area contributed by atoms with E-state index in [1.807, 2.05) is 54.6 Å². The van der Waals surface area contributed by atoms with Crippen molar-refractivity contribution in [2.75, 3.05) is 0 Å². The van der Waals surface area contributed by atoms with Crippen molar-refractivity contribution >= 4 is 32.3 Å². The van der Waals surface area contributed by atoms with E-state index in [1.54, 1.807) is 6.07 Å². The average Bonchev–Trinajstić information content (AvgIpc) is 2.47. The molecule has 0 heterocycles. The molecule has 3 aromatic carbocycles. The molecule has 1 nitrogen and oxygen atoms in total. The summed E-state index contributed by atoms with van der Waals surface area (Å²) in [5.74, 6) is 0.261. The molecule has 0 amide bonds. The Kier molecular flexibility index (Phi) is 3.33. The summed E-state index contributed by atoms with van der Waals surface area (Å²) in [6.07, 6.45) is 0. The maximum Gasteiger partial charge on any atom is 0.124 e. The van der Waals surface area contributed by atoms with Crippen LogP contribution in [0.5, 0.6) is 5.75 Å². The molecule has 3 rings (SSSR count). The number of hydrogen-bond donors (Lipinski definition) is 1. The minimum atomic E-state index is 0.261. The van der Waals surface area contributed by atoms with Crippen molar-refractivity contribution in [2.24, 2.45) is 0 Å². The SMILES string of the molecule is C=C(c1ccc(Br)cc1)c1c(O)ccc2ccccc12. The lowest BCUT2D eigenvalue weighted by atomic mass is 9.93. The number of phenols is 1. The van der Waals surface area contributed by atoms with Crippen LogP contribution in [0.15, 0.2) is 71.7 Å². The van der Waals surface area contributed by atoms with E-state index in [0.29, 0.717) is 0 Å². The normalized spacial score (nSPS) is 10.7. The Hall–Kier alpha value is -2.06. The molecule has 0 fully saturated rings. The van der Waals surface area contributed by atoms with Gasteiger partial charge in [-0.15, -0.1) is 0 Å². The van der Waals surface area contributed by atoms with Crippen LogP contribution in [0.3, 0.4) is 0 Å². The van der Waals surface area contributed by atoms with Crippen molar-refractivity contribution in [1.29, 1.82) is 0 Å². The molecular weight excluding hydrogens is 312 g/mol. The summed E-state index contributed by atoms with van der Waals surface area (Å²) >= 11 is 3.43. The molecule has 2 heteroatoms. The van der Waals surface area contributed by atoms with Gasteiger partial charge in [0.1, 0.15) is 5.75 Å². The molecule has 0 aliphatic rings. The molecule has 3 aromatic rings. The standard InChI is InChI=1S/C18H13BrO/c1-12(13-6-9-15(19)10-7-13)18-16-5-3-2-4-14(16)8-11-17(18)20/h2-11,20H,1H2. The fourth-order valence-corrected chi connectivity index (χ4v) is 2.64. The molecule has 0 aliphatic carbocycles. The first-order valence-electron chi connectivity index (χ1n) is 6.33. The number of fused-ring (bicyclic) bond motifs is 1. The van der Waals surface area contributed by atoms with Crippen molar-refractivity contribution in [3.8, 4) is 5.75 Å². The highest BCUT2D eigenvalue weighted by Gasteiger charge is 2.11. The first-order valence-corrected chi connectivity index (χ1v) is 7.12. The Balaban J connectivity index is 2.21. The topological polar surface area (TPSA) is 20.2 Å². The molecule has 0 aromatic heterocycles. The molecule has 1 N–H and O–H groups in total. The van der Waals surface area contributed by atoms with E-state index < -0.39 is 0 Å². The van der Waals surface area contributed by atoms with Crippen LogP contribution >= 0.6 is 15.9 Å². The Labute approximate surface area is 126 Å². The van der Waals surface area contributed by atoms with Gasteiger partial charge in [-0.3, -0.25) is 0 Å². The van der Waals surface area contributed by atoms with Gasteiger partial charge < -0.3 is 5.11 Å². The maximum absolute atomic E-state index is 10.2. The van der Waals surface area contributed by atoms with Gasteiger partial charge in [0.05, 0.1) is 0 Å². The van der Waals surface area contributed by atoms with Crippen molar-refractivity contribution in [1.82, 2.24) is 0 Å². The van der Waals surface area contributed by atoms with E-state index in [1.165, 1.54) is 0 Å². The van der Waals surface area contributed by atoms with Crippen LogP contribution in [0.4, 0.5) is 0 Å². The van der Waals surface area contributed by atoms with Crippen LogP contribution in [0.2, 0.25) is 0 Å². The molecule has 0 saturated carbocycles. The van der Waals surface area contributed by atoms with E-state index in [2.05, 4.69) is 22.5 Å². The Morgan fingerprint density at radius 3 is 2.35 bits per heavy atom. The molecule has 98 valence electrons. The molecule has 0 aliphatic heterocycles. The summed E-state index contributed by atoms with van der Waals surface area (Å²) < 4.78 is 1.02. The van der Waals surface area contributed by atoms with Crippen LogP contribution in [0.1, 0.15) is 11.1 Å². The highest BCUT2D eigenvalue weighted by Crippen LogP contribution is 2.35. The zero-order chi connectivity index (χ0) is 14.1. The van der Waals surface area contributed by atoms with Gasteiger partial charge >= 0.3 is 0 Å². The first kappa shape index (κ1) is 12.9. The largest absolute Gasteiger partial charge is 0.507 e. The van der Waals surface area contributed by atoms with Crippen molar-refractivity contribution in [3.05, 3.63) is 82.8 Å². The third kappa shape index (κ3) is 2.23. The van der Waals surface area contributed by atoms with Crippen LogP contribution in [0.25, 0.3) is 16.3 Å². The first-order chi connectivity index (χ1) is 9.66. The number of halogens is 1. The fraction of sp³-hybridized carbons (Fsp3) is 0. The highest BCUT2D eigenvalue weighted by atomic mass is 79.9. The van der Waals surface area contributed by atoms with Crippen molar-refractivity contribution < 1.29 is 5.11 Å². The minimum absolute atomic E-state index is 0.261. The smallest absolute Gasteiger partial charge is 0.124 e. The van der Waals surface area contributed by atoms with E-state index in [-0.39, 0.29) is 5.75 Å². The fourth-order valence-electron chi connectivity index (χ4n) is 2.37. The van der Waals surface area contributed by atoms with Gasteiger partial charge in [0.25, 0.3) is 0 Å². The van der Waals surface area contributed by atoms with Gasteiger partial charge in [-0.05, 0) is 40.1 Å².